The molecule has 0 saturated heterocycles. The Morgan fingerprint density at radius 1 is 1.50 bits per heavy atom. The van der Waals surface area contributed by atoms with Crippen LogP contribution >= 0.6 is 0 Å². The van der Waals surface area contributed by atoms with E-state index in [1.165, 1.54) is 0 Å². The van der Waals surface area contributed by atoms with Crippen LogP contribution in [-0.2, 0) is 4.79 Å². The Balaban J connectivity index is 2.33. The molecular formula is C11H22N2O. The lowest BCUT2D eigenvalue weighted by molar-refractivity contribution is -0.127. The summed E-state index contributed by atoms with van der Waals surface area (Å²) in [6.45, 7) is 6.75. The average Bonchev–Trinajstić information content (AvgIpc) is 2.01. The zero-order valence-electron chi connectivity index (χ0n) is 9.42. The summed E-state index contributed by atoms with van der Waals surface area (Å²) in [5.74, 6) is 1.22. The lowest BCUT2D eigenvalue weighted by Crippen LogP contribution is -2.48. The van der Waals surface area contributed by atoms with E-state index in [1.807, 2.05) is 13.8 Å². The van der Waals surface area contributed by atoms with E-state index in [4.69, 9.17) is 5.73 Å². The molecule has 3 nitrogen and oxygen atoms in total. The summed E-state index contributed by atoms with van der Waals surface area (Å²) < 4.78 is 0. The molecule has 82 valence electrons. The van der Waals surface area contributed by atoms with Gasteiger partial charge in [0.2, 0.25) is 5.91 Å². The van der Waals surface area contributed by atoms with E-state index in [2.05, 4.69) is 12.2 Å². The van der Waals surface area contributed by atoms with E-state index in [1.54, 1.807) is 0 Å². The first-order valence-corrected chi connectivity index (χ1v) is 5.55. The molecule has 0 aromatic carbocycles. The standard InChI is InChI=1S/C11H22N2O/c1-7(2)10(6-12)11(14)13-9-4-8(3)5-9/h7-10H,4-6,12H2,1-3H3,(H,13,14). The quantitative estimate of drug-likeness (QED) is 0.711. The zero-order valence-corrected chi connectivity index (χ0v) is 9.42. The maximum atomic E-state index is 11.7. The van der Waals surface area contributed by atoms with E-state index in [-0.39, 0.29) is 11.8 Å². The van der Waals surface area contributed by atoms with Crippen molar-refractivity contribution in [3.63, 3.8) is 0 Å². The monoisotopic (exact) mass is 198 g/mol. The van der Waals surface area contributed by atoms with Gasteiger partial charge in [-0.2, -0.15) is 0 Å². The normalized spacial score (nSPS) is 28.4. The minimum Gasteiger partial charge on any atom is -0.353 e. The summed E-state index contributed by atoms with van der Waals surface area (Å²) in [7, 11) is 0. The predicted octanol–water partition coefficient (Wildman–Crippen LogP) is 1.13. The van der Waals surface area contributed by atoms with Crippen molar-refractivity contribution >= 4 is 5.91 Å². The molecule has 1 atom stereocenters. The van der Waals surface area contributed by atoms with Crippen LogP contribution in [0.5, 0.6) is 0 Å². The molecular weight excluding hydrogens is 176 g/mol. The highest BCUT2D eigenvalue weighted by Gasteiger charge is 2.29. The van der Waals surface area contributed by atoms with Gasteiger partial charge in [-0.3, -0.25) is 4.79 Å². The molecule has 0 spiro atoms. The van der Waals surface area contributed by atoms with Crippen molar-refractivity contribution in [2.75, 3.05) is 6.54 Å². The van der Waals surface area contributed by atoms with Gasteiger partial charge in [-0.05, 0) is 24.7 Å². The molecule has 1 amide bonds. The highest BCUT2D eigenvalue weighted by molar-refractivity contribution is 5.79. The molecule has 3 N–H and O–H groups in total. The van der Waals surface area contributed by atoms with Gasteiger partial charge in [-0.25, -0.2) is 0 Å². The molecule has 3 heteroatoms. The minimum absolute atomic E-state index is 0.0223. The summed E-state index contributed by atoms with van der Waals surface area (Å²) in [4.78, 5) is 11.7. The molecule has 0 aliphatic heterocycles. The van der Waals surface area contributed by atoms with Gasteiger partial charge in [-0.15, -0.1) is 0 Å². The van der Waals surface area contributed by atoms with Crippen LogP contribution in [0, 0.1) is 17.8 Å². The molecule has 1 fully saturated rings. The lowest BCUT2D eigenvalue weighted by Gasteiger charge is -2.34. The van der Waals surface area contributed by atoms with Gasteiger partial charge in [0.1, 0.15) is 0 Å². The molecule has 1 unspecified atom stereocenters. The Hall–Kier alpha value is -0.570. The summed E-state index contributed by atoms with van der Waals surface area (Å²) in [5, 5.41) is 3.06. The average molecular weight is 198 g/mol. The van der Waals surface area contributed by atoms with Gasteiger partial charge >= 0.3 is 0 Å². The van der Waals surface area contributed by atoms with Crippen LogP contribution in [0.4, 0.5) is 0 Å². The van der Waals surface area contributed by atoms with Crippen LogP contribution in [0.1, 0.15) is 33.6 Å². The number of nitrogens with two attached hydrogens (primary N) is 1. The number of amides is 1. The Kier molecular flexibility index (Phi) is 3.93. The molecule has 0 bridgehead atoms. The van der Waals surface area contributed by atoms with Crippen molar-refractivity contribution in [1.29, 1.82) is 0 Å². The number of carbonyl (C=O) groups is 1. The molecule has 0 radical (unpaired) electrons. The number of carbonyl (C=O) groups excluding carboxylic acids is 1. The van der Waals surface area contributed by atoms with Gasteiger partial charge < -0.3 is 11.1 Å². The number of rotatable bonds is 4. The topological polar surface area (TPSA) is 55.1 Å². The smallest absolute Gasteiger partial charge is 0.224 e. The van der Waals surface area contributed by atoms with Crippen LogP contribution in [0.15, 0.2) is 0 Å². The van der Waals surface area contributed by atoms with Crippen LogP contribution < -0.4 is 11.1 Å². The largest absolute Gasteiger partial charge is 0.353 e. The van der Waals surface area contributed by atoms with Crippen LogP contribution in [0.25, 0.3) is 0 Å². The summed E-state index contributed by atoms with van der Waals surface area (Å²) in [6.07, 6.45) is 2.25. The SMILES string of the molecule is CC1CC(NC(=O)C(CN)C(C)C)C1. The van der Waals surface area contributed by atoms with Gasteiger partial charge in [0.25, 0.3) is 0 Å². The Morgan fingerprint density at radius 2 is 2.07 bits per heavy atom. The predicted molar refractivity (Wildman–Crippen MR) is 57.7 cm³/mol. The Bertz CT molecular complexity index is 197. The Morgan fingerprint density at radius 3 is 2.43 bits per heavy atom. The third-order valence-corrected chi connectivity index (χ3v) is 3.12. The van der Waals surface area contributed by atoms with Crippen LogP contribution in [-0.4, -0.2) is 18.5 Å². The first kappa shape index (κ1) is 11.5. The molecule has 1 rings (SSSR count). The van der Waals surface area contributed by atoms with E-state index in [0.29, 0.717) is 18.5 Å². The number of hydrogen-bond acceptors (Lipinski definition) is 2. The van der Waals surface area contributed by atoms with Crippen molar-refractivity contribution in [2.45, 2.75) is 39.7 Å². The summed E-state index contributed by atoms with van der Waals surface area (Å²) in [5.41, 5.74) is 5.58. The highest BCUT2D eigenvalue weighted by atomic mass is 16.2. The molecule has 0 aromatic rings. The minimum atomic E-state index is -0.0223. The Labute approximate surface area is 86.4 Å². The second-order valence-electron chi connectivity index (χ2n) is 4.87. The molecule has 1 aliphatic carbocycles. The fraction of sp³-hybridized carbons (Fsp3) is 0.909. The van der Waals surface area contributed by atoms with Crippen LogP contribution in [0.3, 0.4) is 0 Å². The first-order valence-electron chi connectivity index (χ1n) is 5.55. The van der Waals surface area contributed by atoms with Gasteiger partial charge in [0.05, 0.1) is 5.92 Å². The molecule has 0 aromatic heterocycles. The fourth-order valence-electron chi connectivity index (χ4n) is 2.01. The highest BCUT2D eigenvalue weighted by Crippen LogP contribution is 2.26. The van der Waals surface area contributed by atoms with E-state index in [9.17, 15) is 4.79 Å². The maximum absolute atomic E-state index is 11.7. The third kappa shape index (κ3) is 2.71. The molecule has 1 saturated carbocycles. The number of nitrogens with one attached hydrogen (secondary N) is 1. The van der Waals surface area contributed by atoms with Crippen molar-refractivity contribution in [3.05, 3.63) is 0 Å². The molecule has 0 heterocycles. The van der Waals surface area contributed by atoms with Crippen molar-refractivity contribution in [1.82, 2.24) is 5.32 Å². The zero-order chi connectivity index (χ0) is 10.7. The second kappa shape index (κ2) is 4.78. The van der Waals surface area contributed by atoms with Crippen molar-refractivity contribution < 1.29 is 4.79 Å². The van der Waals surface area contributed by atoms with E-state index >= 15 is 0 Å². The van der Waals surface area contributed by atoms with Crippen LogP contribution in [0.2, 0.25) is 0 Å². The van der Waals surface area contributed by atoms with Crippen molar-refractivity contribution in [3.8, 4) is 0 Å². The van der Waals surface area contributed by atoms with Gasteiger partial charge in [-0.1, -0.05) is 20.8 Å². The third-order valence-electron chi connectivity index (χ3n) is 3.12. The van der Waals surface area contributed by atoms with Gasteiger partial charge in [0.15, 0.2) is 0 Å². The molecule has 1 aliphatic rings. The molecule has 14 heavy (non-hydrogen) atoms. The second-order valence-corrected chi connectivity index (χ2v) is 4.87. The first-order chi connectivity index (χ1) is 6.54. The lowest BCUT2D eigenvalue weighted by atomic mass is 9.81. The van der Waals surface area contributed by atoms with E-state index < -0.39 is 0 Å². The number of hydrogen-bond donors (Lipinski definition) is 2. The van der Waals surface area contributed by atoms with Gasteiger partial charge in [0, 0.05) is 12.6 Å². The van der Waals surface area contributed by atoms with Crippen molar-refractivity contribution in [2.24, 2.45) is 23.5 Å². The summed E-state index contributed by atoms with van der Waals surface area (Å²) >= 11 is 0. The summed E-state index contributed by atoms with van der Waals surface area (Å²) in [6, 6.07) is 0.408. The maximum Gasteiger partial charge on any atom is 0.224 e. The van der Waals surface area contributed by atoms with E-state index in [0.717, 1.165) is 18.8 Å². The fourth-order valence-corrected chi connectivity index (χ4v) is 2.01.